The molecule has 0 aliphatic carbocycles. The van der Waals surface area contributed by atoms with Gasteiger partial charge in [-0.05, 0) is 50.2 Å². The van der Waals surface area contributed by atoms with Crippen molar-refractivity contribution in [2.45, 2.75) is 13.8 Å². The van der Waals surface area contributed by atoms with Gasteiger partial charge < -0.3 is 4.42 Å². The predicted molar refractivity (Wildman–Crippen MR) is 110 cm³/mol. The Kier molecular flexibility index (Phi) is 2.70. The van der Waals surface area contributed by atoms with Crippen molar-refractivity contribution >= 4 is 21.9 Å². The quantitative estimate of drug-likeness (QED) is 0.372. The average molecular weight is 354 g/mol. The summed E-state index contributed by atoms with van der Waals surface area (Å²) in [6.07, 6.45) is 0. The first-order chi connectivity index (χ1) is 14.8. The van der Waals surface area contributed by atoms with E-state index in [0.717, 1.165) is 27.5 Å². The maximum absolute atomic E-state index is 8.42. The Morgan fingerprint density at radius 2 is 1.70 bits per heavy atom. The number of rotatable bonds is 2. The van der Waals surface area contributed by atoms with Gasteiger partial charge in [0.25, 0.3) is 0 Å². The molecule has 0 unspecified atom stereocenters. The van der Waals surface area contributed by atoms with E-state index in [9.17, 15) is 0 Å². The number of aromatic nitrogens is 2. The average Bonchev–Trinajstić information content (AvgIpc) is 3.14. The van der Waals surface area contributed by atoms with Crippen molar-refractivity contribution < 1.29 is 9.90 Å². The number of furan rings is 1. The van der Waals surface area contributed by atoms with Gasteiger partial charge in [0, 0.05) is 27.6 Å². The van der Waals surface area contributed by atoms with Crippen molar-refractivity contribution in [3.63, 3.8) is 0 Å². The number of aryl methyl sites for hydroxylation is 1. The molecule has 5 rings (SSSR count). The van der Waals surface area contributed by atoms with Crippen molar-refractivity contribution in [2.75, 3.05) is 0 Å². The highest BCUT2D eigenvalue weighted by molar-refractivity contribution is 6.06. The van der Waals surface area contributed by atoms with Gasteiger partial charge in [-0.25, -0.2) is 9.97 Å². The molecule has 27 heavy (non-hydrogen) atoms. The molecule has 3 heteroatoms. The number of hydrogen-bond donors (Lipinski definition) is 0. The molecule has 0 aliphatic heterocycles. The highest BCUT2D eigenvalue weighted by atomic mass is 16.3. The zero-order chi connectivity index (χ0) is 21.9. The molecule has 2 aromatic heterocycles. The van der Waals surface area contributed by atoms with Crippen molar-refractivity contribution in [3.05, 3.63) is 84.0 Å². The summed E-state index contributed by atoms with van der Waals surface area (Å²) in [6.45, 7) is 3.45. The molecule has 130 valence electrons. The molecule has 0 N–H and O–H groups in total. The maximum atomic E-state index is 8.42. The van der Waals surface area contributed by atoms with Gasteiger partial charge in [0.1, 0.15) is 11.2 Å². The first-order valence-electron chi connectivity index (χ1n) is 10.7. The van der Waals surface area contributed by atoms with Crippen LogP contribution >= 0.6 is 0 Å². The zero-order valence-corrected chi connectivity index (χ0v) is 14.9. The number of nitrogens with zero attached hydrogens (tertiary/aromatic N) is 2. The van der Waals surface area contributed by atoms with E-state index in [-0.39, 0.29) is 35.6 Å². The van der Waals surface area contributed by atoms with Crippen molar-refractivity contribution in [2.24, 2.45) is 0 Å². The van der Waals surface area contributed by atoms with Gasteiger partial charge in [0.15, 0.2) is 5.82 Å². The van der Waals surface area contributed by atoms with E-state index in [0.29, 0.717) is 17.0 Å². The summed E-state index contributed by atoms with van der Waals surface area (Å²) in [5.74, 6) is 0.221. The molecule has 3 nitrogen and oxygen atoms in total. The Labute approximate surface area is 162 Å². The normalized spacial score (nSPS) is 13.4. The van der Waals surface area contributed by atoms with Crippen LogP contribution in [0.2, 0.25) is 0 Å². The number of hydrogen-bond acceptors (Lipinski definition) is 3. The molecule has 2 heterocycles. The SMILES string of the molecule is [2H]c1c([2H])c(C)c([2H])c(-c2nc(C)cc(-c3ccc4oc5ccccc5c4c3)n2)c1[2H]. The van der Waals surface area contributed by atoms with Crippen LogP contribution in [0.5, 0.6) is 0 Å². The molecule has 0 aliphatic rings. The molecular weight excluding hydrogens is 332 g/mol. The van der Waals surface area contributed by atoms with Gasteiger partial charge in [-0.2, -0.15) is 0 Å². The standard InChI is InChI=1S/C24H18N2O/c1-15-6-5-7-18(12-15)24-25-16(2)13-21(26-24)17-10-11-23-20(14-17)19-8-3-4-9-22(19)27-23/h3-14H,1-2H3/i5D,6D,7D,12D. The van der Waals surface area contributed by atoms with Crippen molar-refractivity contribution in [1.29, 1.82) is 0 Å². The van der Waals surface area contributed by atoms with Gasteiger partial charge in [0.2, 0.25) is 0 Å². The molecule has 3 aromatic carbocycles. The first kappa shape index (κ1) is 12.0. The second-order valence-corrected chi connectivity index (χ2v) is 6.53. The topological polar surface area (TPSA) is 38.9 Å². The molecule has 0 saturated carbocycles. The number of benzene rings is 3. The summed E-state index contributed by atoms with van der Waals surface area (Å²) < 4.78 is 38.7. The van der Waals surface area contributed by atoms with Crippen molar-refractivity contribution in [1.82, 2.24) is 9.97 Å². The van der Waals surface area contributed by atoms with E-state index >= 15 is 0 Å². The molecular formula is C24H18N2O. The number of para-hydroxylation sites is 1. The smallest absolute Gasteiger partial charge is 0.160 e. The van der Waals surface area contributed by atoms with Crippen molar-refractivity contribution in [3.8, 4) is 22.6 Å². The minimum atomic E-state index is -0.221. The van der Waals surface area contributed by atoms with E-state index in [1.165, 1.54) is 0 Å². The molecule has 0 fully saturated rings. The minimum Gasteiger partial charge on any atom is -0.456 e. The van der Waals surface area contributed by atoms with Gasteiger partial charge >= 0.3 is 0 Å². The van der Waals surface area contributed by atoms with Gasteiger partial charge in [-0.1, -0.05) is 41.9 Å². The third-order valence-electron chi connectivity index (χ3n) is 4.50. The Balaban J connectivity index is 1.73. The summed E-state index contributed by atoms with van der Waals surface area (Å²) in [6, 6.07) is 15.1. The fourth-order valence-electron chi connectivity index (χ4n) is 3.26. The molecule has 0 saturated heterocycles. The lowest BCUT2D eigenvalue weighted by Crippen LogP contribution is -1.95. The minimum absolute atomic E-state index is 0.0128. The Hall–Kier alpha value is -3.46. The van der Waals surface area contributed by atoms with E-state index in [4.69, 9.17) is 9.90 Å². The third-order valence-corrected chi connectivity index (χ3v) is 4.50. The summed E-state index contributed by atoms with van der Waals surface area (Å²) >= 11 is 0. The molecule has 0 bridgehead atoms. The second kappa shape index (κ2) is 6.06. The van der Waals surface area contributed by atoms with Crippen LogP contribution in [0.1, 0.15) is 16.7 Å². The lowest BCUT2D eigenvalue weighted by Gasteiger charge is -2.07. The summed E-state index contributed by atoms with van der Waals surface area (Å²) in [5, 5.41) is 2.00. The van der Waals surface area contributed by atoms with E-state index in [2.05, 4.69) is 9.97 Å². The van der Waals surface area contributed by atoms with Crippen LogP contribution in [-0.2, 0) is 0 Å². The summed E-state index contributed by atoms with van der Waals surface area (Å²) in [7, 11) is 0. The fraction of sp³-hybridized carbons (Fsp3) is 0.0833. The monoisotopic (exact) mass is 354 g/mol. The zero-order valence-electron chi connectivity index (χ0n) is 18.9. The Morgan fingerprint density at radius 1 is 0.852 bits per heavy atom. The van der Waals surface area contributed by atoms with Crippen LogP contribution in [0.3, 0.4) is 0 Å². The molecule has 0 amide bonds. The van der Waals surface area contributed by atoms with Gasteiger partial charge in [0.05, 0.1) is 11.2 Å². The van der Waals surface area contributed by atoms with Crippen LogP contribution in [0.15, 0.2) is 77.1 Å². The van der Waals surface area contributed by atoms with Crippen LogP contribution in [-0.4, -0.2) is 9.97 Å². The number of fused-ring (bicyclic) bond motifs is 3. The fourth-order valence-corrected chi connectivity index (χ4v) is 3.26. The maximum Gasteiger partial charge on any atom is 0.160 e. The lowest BCUT2D eigenvalue weighted by molar-refractivity contribution is 0.669. The van der Waals surface area contributed by atoms with Gasteiger partial charge in [-0.15, -0.1) is 0 Å². The molecule has 5 aromatic rings. The second-order valence-electron chi connectivity index (χ2n) is 6.53. The van der Waals surface area contributed by atoms with Crippen LogP contribution in [0.4, 0.5) is 0 Å². The lowest BCUT2D eigenvalue weighted by atomic mass is 10.1. The third kappa shape index (κ3) is 2.77. The molecule has 0 spiro atoms. The van der Waals surface area contributed by atoms with Crippen LogP contribution in [0.25, 0.3) is 44.6 Å². The van der Waals surface area contributed by atoms with Crippen LogP contribution in [0, 0.1) is 13.8 Å². The largest absolute Gasteiger partial charge is 0.456 e. The van der Waals surface area contributed by atoms with E-state index in [1.54, 1.807) is 6.92 Å². The Bertz CT molecular complexity index is 1480. The summed E-state index contributed by atoms with van der Waals surface area (Å²) in [5.41, 5.74) is 4.35. The van der Waals surface area contributed by atoms with Gasteiger partial charge in [-0.3, -0.25) is 0 Å². The first-order valence-corrected chi connectivity index (χ1v) is 8.70. The Morgan fingerprint density at radius 3 is 2.63 bits per heavy atom. The summed E-state index contributed by atoms with van der Waals surface area (Å²) in [4.78, 5) is 9.10. The van der Waals surface area contributed by atoms with E-state index in [1.807, 2.05) is 55.5 Å². The van der Waals surface area contributed by atoms with Crippen LogP contribution < -0.4 is 0 Å². The van der Waals surface area contributed by atoms with E-state index < -0.39 is 0 Å². The molecule has 0 atom stereocenters. The predicted octanol–water partition coefficient (Wildman–Crippen LogP) is 6.33. The highest BCUT2D eigenvalue weighted by Gasteiger charge is 2.11. The highest BCUT2D eigenvalue weighted by Crippen LogP contribution is 2.32. The molecule has 0 radical (unpaired) electrons.